The fourth-order valence-electron chi connectivity index (χ4n) is 4.06. The summed E-state index contributed by atoms with van der Waals surface area (Å²) < 4.78 is 0. The second-order valence-corrected chi connectivity index (χ2v) is 7.81. The first-order valence-corrected chi connectivity index (χ1v) is 10.5. The number of carbonyl (C=O) groups excluding carboxylic acids is 6. The number of carbonyl (C=O) groups is 6. The smallest absolute Gasteiger partial charge is 0.278 e. The molecule has 1 saturated heterocycles. The molecule has 2 aromatic carbocycles. The van der Waals surface area contributed by atoms with E-state index in [1.165, 1.54) is 37.4 Å². The van der Waals surface area contributed by atoms with E-state index in [1.54, 1.807) is 6.07 Å². The van der Waals surface area contributed by atoms with E-state index in [4.69, 9.17) is 0 Å². The zero-order chi connectivity index (χ0) is 25.3. The first kappa shape index (κ1) is 23.6. The average molecular weight is 480 g/mol. The number of nitrogens with one attached hydrogen (secondary N) is 3. The summed E-state index contributed by atoms with van der Waals surface area (Å²) in [5, 5.41) is 15.1. The lowest BCUT2D eigenvalue weighted by Crippen LogP contribution is -2.54. The lowest BCUT2D eigenvalue weighted by Gasteiger charge is -2.27. The number of fused-ring (bicyclic) bond motifs is 1. The van der Waals surface area contributed by atoms with Gasteiger partial charge in [-0.05, 0) is 30.2 Å². The summed E-state index contributed by atoms with van der Waals surface area (Å²) in [4.78, 5) is 79.8. The summed E-state index contributed by atoms with van der Waals surface area (Å²) in [5.41, 5.74) is 2.12. The van der Waals surface area contributed by atoms with Crippen LogP contribution in [0.4, 0.5) is 0 Å². The Bertz CT molecular complexity index is 1290. The van der Waals surface area contributed by atoms with Gasteiger partial charge in [-0.1, -0.05) is 18.2 Å². The number of aromatic hydroxyl groups is 1. The normalized spacial score (nSPS) is 17.2. The molecule has 1 fully saturated rings. The van der Waals surface area contributed by atoms with E-state index >= 15 is 0 Å². The van der Waals surface area contributed by atoms with Gasteiger partial charge in [-0.15, -0.1) is 0 Å². The molecule has 0 aliphatic carbocycles. The molecular formula is C23H20N4O8. The number of phenols is 1. The standard InChI is InChI=1S/C23H20N4O8/c1-35-26-20(31)14-7-3-6-13(18(14)29)19(30)24-10-11-4-2-5-12-17(11)23(34)27(22(12)33)15-8-9-16(28)25-21(15)32/h2-7,15,29H,8-10H2,1H3,(H,24,30)(H,26,31)(H,25,28,32). The van der Waals surface area contributed by atoms with Crippen molar-refractivity contribution in [3.8, 4) is 5.75 Å². The number of hydrogen-bond donors (Lipinski definition) is 4. The first-order valence-electron chi connectivity index (χ1n) is 10.5. The van der Waals surface area contributed by atoms with Crippen molar-refractivity contribution < 1.29 is 38.7 Å². The maximum absolute atomic E-state index is 13.1. The molecule has 1 atom stereocenters. The van der Waals surface area contributed by atoms with Gasteiger partial charge in [0.2, 0.25) is 11.8 Å². The maximum Gasteiger partial charge on any atom is 0.278 e. The fourth-order valence-corrected chi connectivity index (χ4v) is 4.06. The Hall–Kier alpha value is -4.58. The third-order valence-corrected chi connectivity index (χ3v) is 5.71. The number of nitrogens with zero attached hydrogens (tertiary/aromatic N) is 1. The van der Waals surface area contributed by atoms with Crippen LogP contribution in [0.3, 0.4) is 0 Å². The largest absolute Gasteiger partial charge is 0.506 e. The molecule has 6 amide bonds. The second kappa shape index (κ2) is 9.35. The van der Waals surface area contributed by atoms with Crippen LogP contribution in [0.25, 0.3) is 0 Å². The van der Waals surface area contributed by atoms with E-state index in [0.717, 1.165) is 4.90 Å². The number of rotatable bonds is 6. The van der Waals surface area contributed by atoms with Gasteiger partial charge in [-0.2, -0.15) is 0 Å². The van der Waals surface area contributed by atoms with Gasteiger partial charge in [-0.25, -0.2) is 5.48 Å². The van der Waals surface area contributed by atoms with Crippen molar-refractivity contribution in [3.63, 3.8) is 0 Å². The minimum Gasteiger partial charge on any atom is -0.506 e. The Kier molecular flexibility index (Phi) is 6.30. The van der Waals surface area contributed by atoms with Crippen LogP contribution in [-0.2, 0) is 21.0 Å². The van der Waals surface area contributed by atoms with Crippen molar-refractivity contribution in [2.45, 2.75) is 25.4 Å². The van der Waals surface area contributed by atoms with E-state index in [0.29, 0.717) is 5.56 Å². The Balaban J connectivity index is 1.55. The number of piperidine rings is 1. The second-order valence-electron chi connectivity index (χ2n) is 7.81. The molecule has 4 N–H and O–H groups in total. The minimum absolute atomic E-state index is 0.00229. The van der Waals surface area contributed by atoms with Crippen LogP contribution >= 0.6 is 0 Å². The monoisotopic (exact) mass is 480 g/mol. The molecule has 0 spiro atoms. The van der Waals surface area contributed by atoms with E-state index in [1.807, 2.05) is 5.48 Å². The molecule has 0 radical (unpaired) electrons. The Morgan fingerprint density at radius 2 is 1.74 bits per heavy atom. The van der Waals surface area contributed by atoms with Gasteiger partial charge in [0.25, 0.3) is 23.6 Å². The van der Waals surface area contributed by atoms with Crippen molar-refractivity contribution in [3.05, 3.63) is 64.2 Å². The Morgan fingerprint density at radius 3 is 2.43 bits per heavy atom. The van der Waals surface area contributed by atoms with Crippen molar-refractivity contribution >= 4 is 35.4 Å². The van der Waals surface area contributed by atoms with Crippen LogP contribution in [0.2, 0.25) is 0 Å². The molecule has 2 aliphatic heterocycles. The Labute approximate surface area is 198 Å². The molecule has 2 heterocycles. The quantitative estimate of drug-likeness (QED) is 0.331. The predicted octanol–water partition coefficient (Wildman–Crippen LogP) is 0.0146. The molecule has 4 rings (SSSR count). The highest BCUT2D eigenvalue weighted by Crippen LogP contribution is 2.30. The van der Waals surface area contributed by atoms with Crippen LogP contribution in [-0.4, -0.2) is 58.6 Å². The van der Waals surface area contributed by atoms with E-state index in [2.05, 4.69) is 15.5 Å². The molecule has 12 heteroatoms. The summed E-state index contributed by atoms with van der Waals surface area (Å²) >= 11 is 0. The van der Waals surface area contributed by atoms with Gasteiger partial charge in [0.1, 0.15) is 11.8 Å². The molecule has 12 nitrogen and oxygen atoms in total. The average Bonchev–Trinajstić information content (AvgIpc) is 3.08. The summed E-state index contributed by atoms with van der Waals surface area (Å²) in [6.45, 7) is -0.182. The molecule has 0 aromatic heterocycles. The predicted molar refractivity (Wildman–Crippen MR) is 117 cm³/mol. The molecule has 2 aliphatic rings. The van der Waals surface area contributed by atoms with Crippen molar-refractivity contribution in [1.29, 1.82) is 0 Å². The van der Waals surface area contributed by atoms with Crippen LogP contribution < -0.4 is 16.1 Å². The molecular weight excluding hydrogens is 460 g/mol. The van der Waals surface area contributed by atoms with E-state index in [9.17, 15) is 33.9 Å². The highest BCUT2D eigenvalue weighted by atomic mass is 16.6. The maximum atomic E-state index is 13.1. The van der Waals surface area contributed by atoms with Crippen molar-refractivity contribution in [1.82, 2.24) is 21.0 Å². The number of phenolic OH excluding ortho intramolecular Hbond substituents is 1. The Morgan fingerprint density at radius 1 is 1.06 bits per heavy atom. The van der Waals surface area contributed by atoms with Crippen molar-refractivity contribution in [2.24, 2.45) is 0 Å². The van der Waals surface area contributed by atoms with Gasteiger partial charge >= 0.3 is 0 Å². The van der Waals surface area contributed by atoms with Crippen LogP contribution in [0.1, 0.15) is 59.8 Å². The summed E-state index contributed by atoms with van der Waals surface area (Å²) in [6.07, 6.45) is 0.0200. The lowest BCUT2D eigenvalue weighted by molar-refractivity contribution is -0.136. The fraction of sp³-hybridized carbons (Fsp3) is 0.217. The summed E-state index contributed by atoms with van der Waals surface area (Å²) in [5.74, 6) is -4.61. The van der Waals surface area contributed by atoms with Gasteiger partial charge in [0.05, 0.1) is 29.4 Å². The number of hydrogen-bond acceptors (Lipinski definition) is 8. The zero-order valence-electron chi connectivity index (χ0n) is 18.4. The number of hydroxylamine groups is 1. The lowest BCUT2D eigenvalue weighted by atomic mass is 10.0. The van der Waals surface area contributed by atoms with Gasteiger partial charge < -0.3 is 10.4 Å². The van der Waals surface area contributed by atoms with Crippen molar-refractivity contribution in [2.75, 3.05) is 7.11 Å². The molecule has 1 unspecified atom stereocenters. The van der Waals surface area contributed by atoms with Gasteiger partial charge in [-0.3, -0.25) is 43.8 Å². The molecule has 0 bridgehead atoms. The molecule has 180 valence electrons. The van der Waals surface area contributed by atoms with E-state index in [-0.39, 0.29) is 41.6 Å². The minimum atomic E-state index is -1.11. The van der Waals surface area contributed by atoms with Crippen LogP contribution in [0.15, 0.2) is 36.4 Å². The zero-order valence-corrected chi connectivity index (χ0v) is 18.4. The topological polar surface area (TPSA) is 171 Å². The van der Waals surface area contributed by atoms with Gasteiger partial charge in [0, 0.05) is 13.0 Å². The summed E-state index contributed by atoms with van der Waals surface area (Å²) in [7, 11) is 1.22. The number of imide groups is 2. The molecule has 2 aromatic rings. The van der Waals surface area contributed by atoms with E-state index < -0.39 is 47.2 Å². The molecule has 35 heavy (non-hydrogen) atoms. The van der Waals surface area contributed by atoms with Gasteiger partial charge in [0.15, 0.2) is 0 Å². The number of amides is 6. The van der Waals surface area contributed by atoms with Crippen LogP contribution in [0, 0.1) is 0 Å². The SMILES string of the molecule is CONC(=O)c1cccc(C(=O)NCc2cccc3c2C(=O)N(C2CCC(=O)NC2=O)C3=O)c1O. The summed E-state index contributed by atoms with van der Waals surface area (Å²) in [6, 6.07) is 7.42. The number of benzene rings is 2. The molecule has 0 saturated carbocycles. The third-order valence-electron chi connectivity index (χ3n) is 5.71. The number of para-hydroxylation sites is 1. The van der Waals surface area contributed by atoms with Crippen LogP contribution in [0.5, 0.6) is 5.75 Å². The highest BCUT2D eigenvalue weighted by Gasteiger charge is 2.45. The first-order chi connectivity index (χ1) is 16.7. The highest BCUT2D eigenvalue weighted by molar-refractivity contribution is 6.24. The third kappa shape index (κ3) is 4.22.